The zero-order chi connectivity index (χ0) is 11.9. The molecule has 2 aromatic rings. The number of para-hydroxylation sites is 1. The standard InChI is InChI=1S/C14H16O2S/c15-13(14-9-5-11-17-14)8-4-10-16-12-6-2-1-3-7-12/h1-3,5-7,9,11,13,15H,4,8,10H2. The summed E-state index contributed by atoms with van der Waals surface area (Å²) in [6, 6.07) is 13.7. The maximum Gasteiger partial charge on any atom is 0.119 e. The van der Waals surface area contributed by atoms with Gasteiger partial charge in [0, 0.05) is 4.88 Å². The second-order valence-electron chi connectivity index (χ2n) is 3.83. The van der Waals surface area contributed by atoms with Gasteiger partial charge in [0.05, 0.1) is 12.7 Å². The van der Waals surface area contributed by atoms with Crippen molar-refractivity contribution in [3.63, 3.8) is 0 Å². The minimum atomic E-state index is -0.352. The summed E-state index contributed by atoms with van der Waals surface area (Å²) in [5.41, 5.74) is 0. The van der Waals surface area contributed by atoms with Gasteiger partial charge in [-0.25, -0.2) is 0 Å². The van der Waals surface area contributed by atoms with Crippen molar-refractivity contribution in [2.45, 2.75) is 18.9 Å². The minimum absolute atomic E-state index is 0.352. The van der Waals surface area contributed by atoms with Gasteiger partial charge in [-0.3, -0.25) is 0 Å². The molecule has 1 aromatic heterocycles. The number of ether oxygens (including phenoxy) is 1. The van der Waals surface area contributed by atoms with Crippen LogP contribution in [0.3, 0.4) is 0 Å². The highest BCUT2D eigenvalue weighted by Crippen LogP contribution is 2.22. The third kappa shape index (κ3) is 3.88. The van der Waals surface area contributed by atoms with Gasteiger partial charge in [-0.1, -0.05) is 24.3 Å². The molecule has 1 atom stereocenters. The molecule has 0 fully saturated rings. The van der Waals surface area contributed by atoms with Crippen LogP contribution in [0.1, 0.15) is 23.8 Å². The van der Waals surface area contributed by atoms with Crippen molar-refractivity contribution >= 4 is 11.3 Å². The summed E-state index contributed by atoms with van der Waals surface area (Å²) < 4.78 is 5.57. The molecule has 1 heterocycles. The van der Waals surface area contributed by atoms with Crippen LogP contribution in [0.5, 0.6) is 5.75 Å². The molecule has 1 N–H and O–H groups in total. The summed E-state index contributed by atoms with van der Waals surface area (Å²) in [6.45, 7) is 0.645. The van der Waals surface area contributed by atoms with Gasteiger partial charge in [0.15, 0.2) is 0 Å². The Kier molecular flexibility index (Phi) is 4.59. The van der Waals surface area contributed by atoms with Crippen molar-refractivity contribution in [3.8, 4) is 5.75 Å². The smallest absolute Gasteiger partial charge is 0.119 e. The van der Waals surface area contributed by atoms with E-state index >= 15 is 0 Å². The van der Waals surface area contributed by atoms with Gasteiger partial charge in [0.1, 0.15) is 5.75 Å². The molecular weight excluding hydrogens is 232 g/mol. The Morgan fingerprint density at radius 1 is 1.12 bits per heavy atom. The Morgan fingerprint density at radius 2 is 1.94 bits per heavy atom. The molecule has 0 bridgehead atoms. The molecule has 0 amide bonds. The number of hydrogen-bond donors (Lipinski definition) is 1. The summed E-state index contributed by atoms with van der Waals surface area (Å²) >= 11 is 1.59. The van der Waals surface area contributed by atoms with Gasteiger partial charge in [0.25, 0.3) is 0 Å². The Hall–Kier alpha value is -1.32. The lowest BCUT2D eigenvalue weighted by molar-refractivity contribution is 0.158. The summed E-state index contributed by atoms with van der Waals surface area (Å²) in [7, 11) is 0. The van der Waals surface area contributed by atoms with E-state index in [1.165, 1.54) is 0 Å². The van der Waals surface area contributed by atoms with Gasteiger partial charge in [-0.15, -0.1) is 11.3 Å². The van der Waals surface area contributed by atoms with Crippen LogP contribution in [0.4, 0.5) is 0 Å². The lowest BCUT2D eigenvalue weighted by Crippen LogP contribution is -2.01. The van der Waals surface area contributed by atoms with Crippen molar-refractivity contribution < 1.29 is 9.84 Å². The summed E-state index contributed by atoms with van der Waals surface area (Å²) in [5, 5.41) is 11.8. The van der Waals surface area contributed by atoms with Crippen LogP contribution >= 0.6 is 11.3 Å². The summed E-state index contributed by atoms with van der Waals surface area (Å²) in [4.78, 5) is 1.03. The zero-order valence-corrected chi connectivity index (χ0v) is 10.4. The van der Waals surface area contributed by atoms with E-state index in [0.29, 0.717) is 6.61 Å². The molecule has 0 aliphatic carbocycles. The third-order valence-corrected chi connectivity index (χ3v) is 3.48. The lowest BCUT2D eigenvalue weighted by atomic mass is 10.2. The molecule has 90 valence electrons. The third-order valence-electron chi connectivity index (χ3n) is 2.51. The van der Waals surface area contributed by atoms with Gasteiger partial charge < -0.3 is 9.84 Å². The van der Waals surface area contributed by atoms with Crippen molar-refractivity contribution in [1.29, 1.82) is 0 Å². The molecule has 0 spiro atoms. The molecule has 0 aliphatic heterocycles. The minimum Gasteiger partial charge on any atom is -0.494 e. The average Bonchev–Trinajstić information content (AvgIpc) is 2.89. The van der Waals surface area contributed by atoms with E-state index in [0.717, 1.165) is 23.5 Å². The maximum atomic E-state index is 9.86. The van der Waals surface area contributed by atoms with Gasteiger partial charge in [0.2, 0.25) is 0 Å². The largest absolute Gasteiger partial charge is 0.494 e. The van der Waals surface area contributed by atoms with Crippen molar-refractivity contribution in [2.75, 3.05) is 6.61 Å². The van der Waals surface area contributed by atoms with E-state index < -0.39 is 0 Å². The van der Waals surface area contributed by atoms with E-state index in [1.807, 2.05) is 47.8 Å². The van der Waals surface area contributed by atoms with Gasteiger partial charge >= 0.3 is 0 Å². The molecule has 2 rings (SSSR count). The van der Waals surface area contributed by atoms with Crippen LogP contribution < -0.4 is 4.74 Å². The highest BCUT2D eigenvalue weighted by Gasteiger charge is 2.07. The van der Waals surface area contributed by atoms with Gasteiger partial charge in [-0.2, -0.15) is 0 Å². The molecule has 1 unspecified atom stereocenters. The first-order valence-electron chi connectivity index (χ1n) is 5.75. The molecule has 0 aliphatic rings. The van der Waals surface area contributed by atoms with Crippen molar-refractivity contribution in [1.82, 2.24) is 0 Å². The van der Waals surface area contributed by atoms with Crippen LogP contribution in [-0.4, -0.2) is 11.7 Å². The summed E-state index contributed by atoms with van der Waals surface area (Å²) in [6.07, 6.45) is 1.25. The quantitative estimate of drug-likeness (QED) is 0.791. The Morgan fingerprint density at radius 3 is 2.65 bits per heavy atom. The molecule has 0 radical (unpaired) electrons. The molecule has 0 saturated carbocycles. The molecule has 0 saturated heterocycles. The van der Waals surface area contributed by atoms with E-state index in [1.54, 1.807) is 11.3 Å². The summed E-state index contributed by atoms with van der Waals surface area (Å²) in [5.74, 6) is 0.887. The first-order chi connectivity index (χ1) is 8.36. The van der Waals surface area contributed by atoms with Crippen molar-refractivity contribution in [3.05, 3.63) is 52.7 Å². The molecule has 2 nitrogen and oxygen atoms in total. The monoisotopic (exact) mass is 248 g/mol. The highest BCUT2D eigenvalue weighted by molar-refractivity contribution is 7.10. The number of aliphatic hydroxyl groups excluding tert-OH is 1. The fourth-order valence-electron chi connectivity index (χ4n) is 1.61. The second kappa shape index (κ2) is 6.42. The first kappa shape index (κ1) is 12.1. The predicted octanol–water partition coefficient (Wildman–Crippen LogP) is 3.64. The number of rotatable bonds is 6. The average molecular weight is 248 g/mol. The molecule has 3 heteroatoms. The molecule has 1 aromatic carbocycles. The Balaban J connectivity index is 1.67. The number of thiophene rings is 1. The lowest BCUT2D eigenvalue weighted by Gasteiger charge is -2.09. The number of benzene rings is 1. The number of aliphatic hydroxyl groups is 1. The predicted molar refractivity (Wildman–Crippen MR) is 70.4 cm³/mol. The maximum absolute atomic E-state index is 9.86. The van der Waals surface area contributed by atoms with Crippen molar-refractivity contribution in [2.24, 2.45) is 0 Å². The molecule has 17 heavy (non-hydrogen) atoms. The Bertz CT molecular complexity index is 411. The van der Waals surface area contributed by atoms with E-state index in [9.17, 15) is 5.11 Å². The highest BCUT2D eigenvalue weighted by atomic mass is 32.1. The molecular formula is C14H16O2S. The zero-order valence-electron chi connectivity index (χ0n) is 9.58. The van der Waals surface area contributed by atoms with Crippen LogP contribution in [0, 0.1) is 0 Å². The Labute approximate surface area is 105 Å². The fourth-order valence-corrected chi connectivity index (χ4v) is 2.35. The SMILES string of the molecule is OC(CCCOc1ccccc1)c1cccs1. The van der Waals surface area contributed by atoms with E-state index in [2.05, 4.69) is 0 Å². The van der Waals surface area contributed by atoms with E-state index in [-0.39, 0.29) is 6.10 Å². The van der Waals surface area contributed by atoms with Crippen LogP contribution in [0.25, 0.3) is 0 Å². The fraction of sp³-hybridized carbons (Fsp3) is 0.286. The van der Waals surface area contributed by atoms with Crippen LogP contribution in [-0.2, 0) is 0 Å². The normalized spacial score (nSPS) is 12.3. The van der Waals surface area contributed by atoms with Crippen LogP contribution in [0.2, 0.25) is 0 Å². The first-order valence-corrected chi connectivity index (χ1v) is 6.63. The second-order valence-corrected chi connectivity index (χ2v) is 4.81. The topological polar surface area (TPSA) is 29.5 Å². The van der Waals surface area contributed by atoms with Gasteiger partial charge in [-0.05, 0) is 36.4 Å². The number of hydrogen-bond acceptors (Lipinski definition) is 3. The van der Waals surface area contributed by atoms with E-state index in [4.69, 9.17) is 4.74 Å². The van der Waals surface area contributed by atoms with Crippen LogP contribution in [0.15, 0.2) is 47.8 Å².